The lowest BCUT2D eigenvalue weighted by Crippen LogP contribution is -2.26. The van der Waals surface area contributed by atoms with Crippen molar-refractivity contribution in [1.82, 2.24) is 9.88 Å². The second-order valence-electron chi connectivity index (χ2n) is 3.50. The maximum atomic E-state index is 11.4. The zero-order valence-electron chi connectivity index (χ0n) is 9.14. The molecule has 0 aromatic carbocycles. The minimum Gasteiger partial charge on any atom is -0.396 e. The Bertz CT molecular complexity index is 413. The van der Waals surface area contributed by atoms with Crippen LogP contribution in [0.5, 0.6) is 0 Å². The summed E-state index contributed by atoms with van der Waals surface area (Å²) < 4.78 is 30.1. The van der Waals surface area contributed by atoms with E-state index < -0.39 is 10.0 Å². The molecule has 1 heterocycles. The van der Waals surface area contributed by atoms with Gasteiger partial charge in [0.05, 0.1) is 18.0 Å². The first-order valence-electron chi connectivity index (χ1n) is 5.04. The van der Waals surface area contributed by atoms with Crippen LogP contribution in [0.15, 0.2) is 10.6 Å². The first-order valence-corrected chi connectivity index (χ1v) is 6.69. The average molecular weight is 248 g/mol. The van der Waals surface area contributed by atoms with Gasteiger partial charge in [-0.3, -0.25) is 0 Å². The largest absolute Gasteiger partial charge is 0.396 e. The number of aliphatic hydroxyl groups is 1. The molecule has 1 aromatic heterocycles. The van der Waals surface area contributed by atoms with Crippen molar-refractivity contribution in [1.29, 1.82) is 0 Å². The van der Waals surface area contributed by atoms with Crippen LogP contribution in [0, 0.1) is 6.92 Å². The van der Waals surface area contributed by atoms with Crippen molar-refractivity contribution in [2.24, 2.45) is 0 Å². The smallest absolute Gasteiger partial charge is 0.211 e. The van der Waals surface area contributed by atoms with E-state index in [9.17, 15) is 8.42 Å². The van der Waals surface area contributed by atoms with Crippen molar-refractivity contribution in [3.05, 3.63) is 17.5 Å². The van der Waals surface area contributed by atoms with Gasteiger partial charge in [-0.25, -0.2) is 13.1 Å². The summed E-state index contributed by atoms with van der Waals surface area (Å²) in [6.45, 7) is 1.89. The molecule has 1 aromatic rings. The summed E-state index contributed by atoms with van der Waals surface area (Å²) in [4.78, 5) is 0. The fourth-order valence-corrected chi connectivity index (χ4v) is 2.26. The average Bonchev–Trinajstić information content (AvgIpc) is 2.62. The lowest BCUT2D eigenvalue weighted by atomic mass is 10.4. The second-order valence-corrected chi connectivity index (χ2v) is 5.43. The Morgan fingerprint density at radius 1 is 1.50 bits per heavy atom. The van der Waals surface area contributed by atoms with Crippen LogP contribution in [0.25, 0.3) is 0 Å². The number of nitrogens with one attached hydrogen (secondary N) is 1. The molecular formula is C9H16N2O4S. The molecular weight excluding hydrogens is 232 g/mol. The molecule has 0 saturated carbocycles. The molecule has 2 N–H and O–H groups in total. The van der Waals surface area contributed by atoms with Crippen molar-refractivity contribution < 1.29 is 18.0 Å². The number of unbranched alkanes of at least 4 members (excludes halogenated alkanes) is 1. The van der Waals surface area contributed by atoms with E-state index >= 15 is 0 Å². The minimum absolute atomic E-state index is 0.0119. The van der Waals surface area contributed by atoms with Gasteiger partial charge in [0, 0.05) is 12.7 Å². The first-order chi connectivity index (χ1) is 7.53. The predicted molar refractivity (Wildman–Crippen MR) is 58.2 cm³/mol. The lowest BCUT2D eigenvalue weighted by molar-refractivity contribution is 0.287. The standard InChI is InChI=1S/C9H16N2O4S/c1-8-6-9(11-15-8)7-10-16(13,14)5-3-2-4-12/h6,10,12H,2-5,7H2,1H3. The Hall–Kier alpha value is -0.920. The van der Waals surface area contributed by atoms with Gasteiger partial charge in [0.15, 0.2) is 0 Å². The Balaban J connectivity index is 2.36. The van der Waals surface area contributed by atoms with E-state index in [1.807, 2.05) is 0 Å². The van der Waals surface area contributed by atoms with Crippen molar-refractivity contribution in [3.63, 3.8) is 0 Å². The Kier molecular flexibility index (Phi) is 4.91. The van der Waals surface area contributed by atoms with Crippen LogP contribution in [0.1, 0.15) is 24.3 Å². The zero-order valence-corrected chi connectivity index (χ0v) is 9.96. The monoisotopic (exact) mass is 248 g/mol. The third-order valence-electron chi connectivity index (χ3n) is 1.97. The van der Waals surface area contributed by atoms with E-state index in [1.165, 1.54) is 0 Å². The van der Waals surface area contributed by atoms with Crippen LogP contribution in [0.3, 0.4) is 0 Å². The van der Waals surface area contributed by atoms with Gasteiger partial charge < -0.3 is 9.63 Å². The molecule has 0 radical (unpaired) electrons. The van der Waals surface area contributed by atoms with E-state index in [2.05, 4.69) is 9.88 Å². The fourth-order valence-electron chi connectivity index (χ4n) is 1.16. The van der Waals surface area contributed by atoms with Crippen LogP contribution in [-0.4, -0.2) is 31.0 Å². The molecule has 1 rings (SSSR count). The number of sulfonamides is 1. The highest BCUT2D eigenvalue weighted by molar-refractivity contribution is 7.89. The topological polar surface area (TPSA) is 92.4 Å². The fraction of sp³-hybridized carbons (Fsp3) is 0.667. The third-order valence-corrected chi connectivity index (χ3v) is 3.38. The van der Waals surface area contributed by atoms with Crippen molar-refractivity contribution in [2.45, 2.75) is 26.3 Å². The van der Waals surface area contributed by atoms with Gasteiger partial charge in [-0.1, -0.05) is 5.16 Å². The Morgan fingerprint density at radius 3 is 2.81 bits per heavy atom. The maximum Gasteiger partial charge on any atom is 0.211 e. The number of nitrogens with zero attached hydrogens (tertiary/aromatic N) is 1. The van der Waals surface area contributed by atoms with Gasteiger partial charge in [-0.2, -0.15) is 0 Å². The van der Waals surface area contributed by atoms with Gasteiger partial charge in [0.25, 0.3) is 0 Å². The minimum atomic E-state index is -3.29. The Labute approximate surface area is 94.7 Å². The summed E-state index contributed by atoms with van der Waals surface area (Å²) in [5.41, 5.74) is 0.559. The van der Waals surface area contributed by atoms with E-state index in [4.69, 9.17) is 9.63 Å². The second kappa shape index (κ2) is 5.97. The highest BCUT2D eigenvalue weighted by Gasteiger charge is 2.10. The Morgan fingerprint density at radius 2 is 2.25 bits per heavy atom. The number of hydrogen-bond acceptors (Lipinski definition) is 5. The molecule has 0 unspecified atom stereocenters. The summed E-state index contributed by atoms with van der Waals surface area (Å²) >= 11 is 0. The number of hydrogen-bond donors (Lipinski definition) is 2. The molecule has 0 spiro atoms. The van der Waals surface area contributed by atoms with Crippen molar-refractivity contribution in [3.8, 4) is 0 Å². The van der Waals surface area contributed by atoms with Crippen molar-refractivity contribution >= 4 is 10.0 Å². The van der Waals surface area contributed by atoms with E-state index in [-0.39, 0.29) is 18.9 Å². The number of aliphatic hydroxyl groups excluding tert-OH is 1. The molecule has 0 aliphatic heterocycles. The summed E-state index contributed by atoms with van der Waals surface area (Å²) in [5, 5.41) is 12.2. The summed E-state index contributed by atoms with van der Waals surface area (Å²) in [6.07, 6.45) is 0.938. The summed E-state index contributed by atoms with van der Waals surface area (Å²) in [7, 11) is -3.29. The van der Waals surface area contributed by atoms with Gasteiger partial charge in [-0.05, 0) is 19.8 Å². The molecule has 16 heavy (non-hydrogen) atoms. The highest BCUT2D eigenvalue weighted by Crippen LogP contribution is 2.02. The molecule has 0 aliphatic carbocycles. The SMILES string of the molecule is Cc1cc(CNS(=O)(=O)CCCCO)no1. The first kappa shape index (κ1) is 13.1. The summed E-state index contributed by atoms with van der Waals surface area (Å²) in [5.74, 6) is 0.666. The zero-order chi connectivity index (χ0) is 12.0. The van der Waals surface area contributed by atoms with Crippen molar-refractivity contribution in [2.75, 3.05) is 12.4 Å². The molecule has 0 aliphatic rings. The number of aryl methyl sites for hydroxylation is 1. The number of rotatable bonds is 7. The lowest BCUT2D eigenvalue weighted by Gasteiger charge is -2.03. The normalized spacial score (nSPS) is 11.9. The molecule has 92 valence electrons. The van der Waals surface area contributed by atoms with E-state index in [0.717, 1.165) is 0 Å². The molecule has 0 amide bonds. The highest BCUT2D eigenvalue weighted by atomic mass is 32.2. The number of aromatic nitrogens is 1. The summed E-state index contributed by atoms with van der Waals surface area (Å²) in [6, 6.07) is 1.68. The van der Waals surface area contributed by atoms with E-state index in [0.29, 0.717) is 24.3 Å². The molecule has 0 fully saturated rings. The maximum absolute atomic E-state index is 11.4. The molecule has 0 saturated heterocycles. The quantitative estimate of drug-likeness (QED) is 0.671. The third kappa shape index (κ3) is 4.73. The van der Waals surface area contributed by atoms with Crippen LogP contribution in [0.4, 0.5) is 0 Å². The van der Waals surface area contributed by atoms with Crippen LogP contribution < -0.4 is 4.72 Å². The van der Waals surface area contributed by atoms with Gasteiger partial charge >= 0.3 is 0 Å². The van der Waals surface area contributed by atoms with Gasteiger partial charge in [-0.15, -0.1) is 0 Å². The van der Waals surface area contributed by atoms with Gasteiger partial charge in [0.2, 0.25) is 10.0 Å². The molecule has 6 nitrogen and oxygen atoms in total. The van der Waals surface area contributed by atoms with Gasteiger partial charge in [0.1, 0.15) is 5.76 Å². The molecule has 7 heteroatoms. The molecule has 0 atom stereocenters. The predicted octanol–water partition coefficient (Wildman–Crippen LogP) is 0.175. The van der Waals surface area contributed by atoms with E-state index in [1.54, 1.807) is 13.0 Å². The molecule has 0 bridgehead atoms. The van der Waals surface area contributed by atoms with Crippen LogP contribution in [0.2, 0.25) is 0 Å². The van der Waals surface area contributed by atoms with Crippen LogP contribution in [-0.2, 0) is 16.6 Å². The van der Waals surface area contributed by atoms with Crippen LogP contribution >= 0.6 is 0 Å².